The van der Waals surface area contributed by atoms with Crippen molar-refractivity contribution in [3.05, 3.63) is 5.82 Å². The van der Waals surface area contributed by atoms with Gasteiger partial charge < -0.3 is 10.6 Å². The Kier molecular flexibility index (Phi) is 2.70. The van der Waals surface area contributed by atoms with Crippen LogP contribution in [-0.2, 0) is 0 Å². The highest BCUT2D eigenvalue weighted by Gasteiger charge is 2.27. The first-order chi connectivity index (χ1) is 7.20. The third-order valence-electron chi connectivity index (χ3n) is 2.50. The Labute approximate surface area is 89.7 Å². The second-order valence-corrected chi connectivity index (χ2v) is 4.05. The molecule has 0 radical (unpaired) electrons. The summed E-state index contributed by atoms with van der Waals surface area (Å²) in [4.78, 5) is 14.8. The maximum Gasteiger partial charge on any atom is 0.230 e. The van der Waals surface area contributed by atoms with Gasteiger partial charge in [-0.15, -0.1) is 0 Å². The van der Waals surface area contributed by atoms with Crippen molar-refractivity contribution >= 4 is 11.9 Å². The van der Waals surface area contributed by atoms with Crippen molar-refractivity contribution in [3.63, 3.8) is 0 Å². The third-order valence-corrected chi connectivity index (χ3v) is 2.50. The van der Waals surface area contributed by atoms with Crippen LogP contribution < -0.4 is 10.6 Å². The highest BCUT2D eigenvalue weighted by atomic mass is 15.3. The van der Waals surface area contributed by atoms with Gasteiger partial charge in [-0.05, 0) is 19.3 Å². The lowest BCUT2D eigenvalue weighted by atomic mass is 10.4. The number of aromatic nitrogens is 3. The maximum atomic E-state index is 5.67. The van der Waals surface area contributed by atoms with E-state index in [4.69, 9.17) is 5.73 Å². The zero-order valence-electron chi connectivity index (χ0n) is 9.27. The van der Waals surface area contributed by atoms with Gasteiger partial charge >= 0.3 is 0 Å². The molecule has 1 fully saturated rings. The van der Waals surface area contributed by atoms with E-state index in [0.717, 1.165) is 18.8 Å². The minimum Gasteiger partial charge on any atom is -0.368 e. The van der Waals surface area contributed by atoms with E-state index in [1.807, 2.05) is 11.9 Å². The predicted octanol–water partition coefficient (Wildman–Crippen LogP) is 1.18. The van der Waals surface area contributed by atoms with Crippen LogP contribution in [0.5, 0.6) is 0 Å². The minimum absolute atomic E-state index is 0.338. The summed E-state index contributed by atoms with van der Waals surface area (Å²) >= 11 is 0. The van der Waals surface area contributed by atoms with Gasteiger partial charge in [-0.1, -0.05) is 6.92 Å². The molecule has 2 N–H and O–H groups in total. The molecule has 1 saturated carbocycles. The number of nitrogens with two attached hydrogens (primary N) is 1. The van der Waals surface area contributed by atoms with E-state index in [9.17, 15) is 0 Å². The number of hydrogen-bond acceptors (Lipinski definition) is 5. The zero-order valence-corrected chi connectivity index (χ0v) is 9.27. The number of nitrogens with zero attached hydrogens (tertiary/aromatic N) is 4. The molecule has 1 aromatic rings. The first-order valence-corrected chi connectivity index (χ1v) is 5.43. The van der Waals surface area contributed by atoms with Crippen molar-refractivity contribution in [2.24, 2.45) is 0 Å². The molecule has 0 amide bonds. The molecule has 1 heterocycles. The number of nitrogen functional groups attached to an aromatic ring is 1. The Hall–Kier alpha value is -1.39. The number of hydrogen-bond donors (Lipinski definition) is 1. The van der Waals surface area contributed by atoms with Crippen molar-refractivity contribution in [2.45, 2.75) is 32.1 Å². The minimum atomic E-state index is 0.338. The van der Waals surface area contributed by atoms with Crippen molar-refractivity contribution in [1.82, 2.24) is 15.0 Å². The highest BCUT2D eigenvalue weighted by Crippen LogP contribution is 2.38. The molecule has 0 atom stereocenters. The average Bonchev–Trinajstić information content (AvgIpc) is 3.00. The molecule has 1 aliphatic carbocycles. The van der Waals surface area contributed by atoms with Gasteiger partial charge in [-0.3, -0.25) is 0 Å². The van der Waals surface area contributed by atoms with Gasteiger partial charge in [0.2, 0.25) is 11.9 Å². The van der Waals surface area contributed by atoms with Crippen LogP contribution in [0.3, 0.4) is 0 Å². The number of anilines is 2. The van der Waals surface area contributed by atoms with Gasteiger partial charge in [0, 0.05) is 19.5 Å². The van der Waals surface area contributed by atoms with Crippen LogP contribution in [0.25, 0.3) is 0 Å². The van der Waals surface area contributed by atoms with Gasteiger partial charge in [0.15, 0.2) is 0 Å². The van der Waals surface area contributed by atoms with Gasteiger partial charge in [-0.2, -0.15) is 15.0 Å². The van der Waals surface area contributed by atoms with Gasteiger partial charge in [0.25, 0.3) is 0 Å². The Morgan fingerprint density at radius 1 is 1.33 bits per heavy atom. The smallest absolute Gasteiger partial charge is 0.230 e. The molecule has 5 nitrogen and oxygen atoms in total. The molecule has 0 bridgehead atoms. The van der Waals surface area contributed by atoms with Crippen LogP contribution in [0.4, 0.5) is 11.9 Å². The van der Waals surface area contributed by atoms with Gasteiger partial charge in [0.05, 0.1) is 0 Å². The van der Waals surface area contributed by atoms with E-state index in [1.165, 1.54) is 12.8 Å². The Bertz CT molecular complexity index is 348. The maximum absolute atomic E-state index is 5.67. The van der Waals surface area contributed by atoms with E-state index in [0.29, 0.717) is 17.8 Å². The van der Waals surface area contributed by atoms with Crippen molar-refractivity contribution < 1.29 is 0 Å². The van der Waals surface area contributed by atoms with E-state index in [-0.39, 0.29) is 0 Å². The molecule has 0 unspecified atom stereocenters. The fraction of sp³-hybridized carbons (Fsp3) is 0.700. The molecular formula is C10H17N5. The summed E-state index contributed by atoms with van der Waals surface area (Å²) in [5.41, 5.74) is 5.67. The highest BCUT2D eigenvalue weighted by molar-refractivity contribution is 5.34. The van der Waals surface area contributed by atoms with Gasteiger partial charge in [-0.25, -0.2) is 0 Å². The lowest BCUT2D eigenvalue weighted by Crippen LogP contribution is -2.22. The SMILES string of the molecule is CCCN(C)c1nc(N)nc(C2CC2)n1. The van der Waals surface area contributed by atoms with E-state index in [1.54, 1.807) is 0 Å². The quantitative estimate of drug-likeness (QED) is 0.802. The predicted molar refractivity (Wildman–Crippen MR) is 59.8 cm³/mol. The summed E-state index contributed by atoms with van der Waals surface area (Å²) in [5, 5.41) is 0. The second-order valence-electron chi connectivity index (χ2n) is 4.05. The van der Waals surface area contributed by atoms with E-state index >= 15 is 0 Å². The Balaban J connectivity index is 2.22. The molecule has 5 heteroatoms. The first-order valence-electron chi connectivity index (χ1n) is 5.43. The second kappa shape index (κ2) is 4.00. The summed E-state index contributed by atoms with van der Waals surface area (Å²) in [5.74, 6) is 2.42. The molecule has 1 aromatic heterocycles. The average molecular weight is 207 g/mol. The molecule has 0 spiro atoms. The monoisotopic (exact) mass is 207 g/mol. The lowest BCUT2D eigenvalue weighted by molar-refractivity contribution is 0.793. The Morgan fingerprint density at radius 2 is 2.07 bits per heavy atom. The summed E-state index contributed by atoms with van der Waals surface area (Å²) in [6, 6.07) is 0. The molecule has 0 aromatic carbocycles. The Morgan fingerprint density at radius 3 is 2.67 bits per heavy atom. The number of rotatable bonds is 4. The molecule has 15 heavy (non-hydrogen) atoms. The zero-order chi connectivity index (χ0) is 10.8. The molecule has 82 valence electrons. The summed E-state index contributed by atoms with van der Waals surface area (Å²) < 4.78 is 0. The topological polar surface area (TPSA) is 67.9 Å². The van der Waals surface area contributed by atoms with Gasteiger partial charge in [0.1, 0.15) is 5.82 Å². The van der Waals surface area contributed by atoms with Crippen LogP contribution in [0.1, 0.15) is 37.9 Å². The normalized spacial score (nSPS) is 15.3. The molecule has 0 saturated heterocycles. The largest absolute Gasteiger partial charge is 0.368 e. The van der Waals surface area contributed by atoms with Crippen LogP contribution in [0, 0.1) is 0 Å². The van der Waals surface area contributed by atoms with Crippen molar-refractivity contribution in [3.8, 4) is 0 Å². The summed E-state index contributed by atoms with van der Waals surface area (Å²) in [6.45, 7) is 3.07. The molecule has 2 rings (SSSR count). The summed E-state index contributed by atoms with van der Waals surface area (Å²) in [6.07, 6.45) is 3.43. The molecule has 0 aliphatic heterocycles. The van der Waals surface area contributed by atoms with E-state index in [2.05, 4.69) is 21.9 Å². The lowest BCUT2D eigenvalue weighted by Gasteiger charge is -2.16. The van der Waals surface area contributed by atoms with Crippen molar-refractivity contribution in [1.29, 1.82) is 0 Å². The fourth-order valence-electron chi connectivity index (χ4n) is 1.53. The fourth-order valence-corrected chi connectivity index (χ4v) is 1.53. The third kappa shape index (κ3) is 2.34. The standard InChI is InChI=1S/C10H17N5/c1-3-6-15(2)10-13-8(7-4-5-7)12-9(11)14-10/h7H,3-6H2,1-2H3,(H2,11,12,13,14). The molecule has 1 aliphatic rings. The van der Waals surface area contributed by atoms with Crippen LogP contribution in [0.15, 0.2) is 0 Å². The summed E-state index contributed by atoms with van der Waals surface area (Å²) in [7, 11) is 1.98. The first kappa shape index (κ1) is 10.1. The van der Waals surface area contributed by atoms with Crippen LogP contribution >= 0.6 is 0 Å². The molecular weight excluding hydrogens is 190 g/mol. The van der Waals surface area contributed by atoms with E-state index < -0.39 is 0 Å². The van der Waals surface area contributed by atoms with Crippen LogP contribution in [-0.4, -0.2) is 28.5 Å². The van der Waals surface area contributed by atoms with Crippen LogP contribution in [0.2, 0.25) is 0 Å². The van der Waals surface area contributed by atoms with Crippen molar-refractivity contribution in [2.75, 3.05) is 24.2 Å².